The van der Waals surface area contributed by atoms with Gasteiger partial charge in [-0.3, -0.25) is 4.40 Å². The Hall–Kier alpha value is -2.56. The Kier molecular flexibility index (Phi) is 3.94. The zero-order valence-corrected chi connectivity index (χ0v) is 13.7. The van der Waals surface area contributed by atoms with E-state index in [2.05, 4.69) is 21.3 Å². The van der Waals surface area contributed by atoms with E-state index in [1.807, 2.05) is 39.8 Å². The Balaban J connectivity index is 2.12. The van der Waals surface area contributed by atoms with Gasteiger partial charge in [-0.15, -0.1) is 10.2 Å². The summed E-state index contributed by atoms with van der Waals surface area (Å²) in [5.74, 6) is 0.424. The quantitative estimate of drug-likeness (QED) is 0.578. The average Bonchev–Trinajstić information content (AvgIpc) is 2.82. The lowest BCUT2D eigenvalue weighted by Crippen LogP contribution is -1.88. The van der Waals surface area contributed by atoms with Crippen molar-refractivity contribution in [1.82, 2.24) is 9.38 Å². The Labute approximate surface area is 134 Å². The standard InChI is InChI=1S/C18H19FN4/c1-11(2)17-18(23-10-14(19)5-6-16(23)20-17)22-21-15-8-12(3)7-13(4)9-15/h5-11H,1-4H3. The maximum absolute atomic E-state index is 13.6. The maximum Gasteiger partial charge on any atom is 0.183 e. The van der Waals surface area contributed by atoms with Crippen LogP contribution in [0, 0.1) is 19.7 Å². The number of imidazole rings is 1. The van der Waals surface area contributed by atoms with Crippen molar-refractivity contribution >= 4 is 17.2 Å². The van der Waals surface area contributed by atoms with Crippen molar-refractivity contribution in [1.29, 1.82) is 0 Å². The van der Waals surface area contributed by atoms with E-state index in [0.717, 1.165) is 22.5 Å². The van der Waals surface area contributed by atoms with Gasteiger partial charge >= 0.3 is 0 Å². The lowest BCUT2D eigenvalue weighted by Gasteiger charge is -2.02. The molecule has 0 aliphatic carbocycles. The molecule has 0 atom stereocenters. The molecule has 0 aliphatic rings. The molecular weight excluding hydrogens is 291 g/mol. The van der Waals surface area contributed by atoms with Gasteiger partial charge in [-0.1, -0.05) is 19.9 Å². The summed E-state index contributed by atoms with van der Waals surface area (Å²) in [6.07, 6.45) is 1.39. The summed E-state index contributed by atoms with van der Waals surface area (Å²) in [6, 6.07) is 9.07. The summed E-state index contributed by atoms with van der Waals surface area (Å²) >= 11 is 0. The van der Waals surface area contributed by atoms with Crippen molar-refractivity contribution in [2.24, 2.45) is 10.2 Å². The van der Waals surface area contributed by atoms with Gasteiger partial charge in [0.25, 0.3) is 0 Å². The van der Waals surface area contributed by atoms with Crippen LogP contribution in [0.15, 0.2) is 46.8 Å². The van der Waals surface area contributed by atoms with Gasteiger partial charge in [0.05, 0.1) is 11.4 Å². The monoisotopic (exact) mass is 310 g/mol. The number of rotatable bonds is 3. The van der Waals surface area contributed by atoms with Crippen LogP contribution in [0.1, 0.15) is 36.6 Å². The zero-order chi connectivity index (χ0) is 16.6. The van der Waals surface area contributed by atoms with Gasteiger partial charge < -0.3 is 0 Å². The minimum atomic E-state index is -0.326. The van der Waals surface area contributed by atoms with E-state index in [1.165, 1.54) is 12.3 Å². The predicted octanol–water partition coefficient (Wildman–Crippen LogP) is 5.63. The summed E-state index contributed by atoms with van der Waals surface area (Å²) in [5, 5.41) is 8.70. The van der Waals surface area contributed by atoms with Crippen LogP contribution in [0.3, 0.4) is 0 Å². The largest absolute Gasteiger partial charge is 0.280 e. The van der Waals surface area contributed by atoms with E-state index in [0.29, 0.717) is 11.5 Å². The smallest absolute Gasteiger partial charge is 0.183 e. The summed E-state index contributed by atoms with van der Waals surface area (Å²) in [4.78, 5) is 4.54. The molecule has 4 nitrogen and oxygen atoms in total. The molecule has 3 aromatic rings. The van der Waals surface area contributed by atoms with Crippen LogP contribution in [0.25, 0.3) is 5.65 Å². The molecule has 3 rings (SSSR count). The van der Waals surface area contributed by atoms with Crippen LogP contribution in [0.2, 0.25) is 0 Å². The van der Waals surface area contributed by atoms with Crippen molar-refractivity contribution in [2.45, 2.75) is 33.6 Å². The number of azo groups is 1. The average molecular weight is 310 g/mol. The second-order valence-corrected chi connectivity index (χ2v) is 6.10. The third-order valence-corrected chi connectivity index (χ3v) is 3.60. The SMILES string of the molecule is Cc1cc(C)cc(N=Nc2c(C(C)C)nc3ccc(F)cn23)c1. The number of aromatic nitrogens is 2. The molecule has 23 heavy (non-hydrogen) atoms. The molecule has 0 saturated heterocycles. The van der Waals surface area contributed by atoms with E-state index >= 15 is 0 Å². The number of halogens is 1. The lowest BCUT2D eigenvalue weighted by molar-refractivity contribution is 0.619. The summed E-state index contributed by atoms with van der Waals surface area (Å²) < 4.78 is 15.2. The number of hydrogen-bond donors (Lipinski definition) is 0. The molecule has 2 aromatic heterocycles. The number of pyridine rings is 1. The highest BCUT2D eigenvalue weighted by Crippen LogP contribution is 2.30. The summed E-state index contributed by atoms with van der Waals surface area (Å²) in [5.41, 5.74) is 4.52. The third kappa shape index (κ3) is 3.13. The Morgan fingerprint density at radius 2 is 1.74 bits per heavy atom. The molecule has 0 N–H and O–H groups in total. The minimum Gasteiger partial charge on any atom is -0.280 e. The number of fused-ring (bicyclic) bond motifs is 1. The second-order valence-electron chi connectivity index (χ2n) is 6.10. The van der Waals surface area contributed by atoms with E-state index in [9.17, 15) is 4.39 Å². The predicted molar refractivity (Wildman–Crippen MR) is 89.3 cm³/mol. The molecule has 0 bridgehead atoms. The van der Waals surface area contributed by atoms with Crippen molar-refractivity contribution in [3.8, 4) is 0 Å². The first-order chi connectivity index (χ1) is 10.9. The van der Waals surface area contributed by atoms with Crippen LogP contribution >= 0.6 is 0 Å². The summed E-state index contributed by atoms with van der Waals surface area (Å²) in [7, 11) is 0. The Morgan fingerprint density at radius 3 is 2.39 bits per heavy atom. The summed E-state index contributed by atoms with van der Waals surface area (Å²) in [6.45, 7) is 8.12. The minimum absolute atomic E-state index is 0.172. The molecule has 0 fully saturated rings. The fourth-order valence-electron chi connectivity index (χ4n) is 2.62. The highest BCUT2D eigenvalue weighted by Gasteiger charge is 2.15. The topological polar surface area (TPSA) is 42.0 Å². The first-order valence-corrected chi connectivity index (χ1v) is 7.61. The van der Waals surface area contributed by atoms with Crippen LogP contribution in [0.4, 0.5) is 15.9 Å². The highest BCUT2D eigenvalue weighted by molar-refractivity contribution is 5.53. The molecule has 0 unspecified atom stereocenters. The van der Waals surface area contributed by atoms with Crippen molar-refractivity contribution in [3.05, 3.63) is 59.2 Å². The van der Waals surface area contributed by atoms with Gasteiger partial charge in [-0.2, -0.15) is 0 Å². The third-order valence-electron chi connectivity index (χ3n) is 3.60. The molecule has 2 heterocycles. The van der Waals surface area contributed by atoms with Crippen LogP contribution in [-0.2, 0) is 0 Å². The van der Waals surface area contributed by atoms with Crippen molar-refractivity contribution in [3.63, 3.8) is 0 Å². The molecule has 0 aliphatic heterocycles. The molecule has 0 spiro atoms. The highest BCUT2D eigenvalue weighted by atomic mass is 19.1. The molecule has 1 aromatic carbocycles. The van der Waals surface area contributed by atoms with E-state index < -0.39 is 0 Å². The number of nitrogens with zero attached hydrogens (tertiary/aromatic N) is 4. The van der Waals surface area contributed by atoms with Crippen LogP contribution < -0.4 is 0 Å². The van der Waals surface area contributed by atoms with E-state index in [1.54, 1.807) is 10.5 Å². The first-order valence-electron chi connectivity index (χ1n) is 7.61. The maximum atomic E-state index is 13.6. The van der Waals surface area contributed by atoms with Gasteiger partial charge in [0.15, 0.2) is 5.82 Å². The van der Waals surface area contributed by atoms with Gasteiger partial charge in [0.2, 0.25) is 0 Å². The molecule has 118 valence electrons. The fourth-order valence-corrected chi connectivity index (χ4v) is 2.62. The molecule has 0 saturated carbocycles. The van der Waals surface area contributed by atoms with Gasteiger partial charge in [-0.05, 0) is 55.2 Å². The number of aryl methyl sites for hydroxylation is 2. The molecule has 5 heteroatoms. The molecule has 0 radical (unpaired) electrons. The second kappa shape index (κ2) is 5.91. The van der Waals surface area contributed by atoms with E-state index in [4.69, 9.17) is 0 Å². The van der Waals surface area contributed by atoms with Crippen LogP contribution in [0.5, 0.6) is 0 Å². The van der Waals surface area contributed by atoms with Gasteiger partial charge in [0, 0.05) is 6.20 Å². The normalized spacial score (nSPS) is 11.9. The fraction of sp³-hybridized carbons (Fsp3) is 0.278. The van der Waals surface area contributed by atoms with Gasteiger partial charge in [-0.25, -0.2) is 9.37 Å². The van der Waals surface area contributed by atoms with E-state index in [-0.39, 0.29) is 11.7 Å². The molecular formula is C18H19FN4. The number of hydrogen-bond acceptors (Lipinski definition) is 3. The Morgan fingerprint density at radius 1 is 1.04 bits per heavy atom. The van der Waals surface area contributed by atoms with Crippen molar-refractivity contribution in [2.75, 3.05) is 0 Å². The molecule has 0 amide bonds. The van der Waals surface area contributed by atoms with Gasteiger partial charge in [0.1, 0.15) is 11.5 Å². The first kappa shape index (κ1) is 15.3. The van der Waals surface area contributed by atoms with Crippen molar-refractivity contribution < 1.29 is 4.39 Å². The number of benzene rings is 1. The zero-order valence-electron chi connectivity index (χ0n) is 13.7. The van der Waals surface area contributed by atoms with Crippen LogP contribution in [-0.4, -0.2) is 9.38 Å². The lowest BCUT2D eigenvalue weighted by atomic mass is 10.1. The Bertz CT molecular complexity index is 873.